The summed E-state index contributed by atoms with van der Waals surface area (Å²) in [5.74, 6) is -0.674. The minimum atomic E-state index is -0.590. The van der Waals surface area contributed by atoms with E-state index in [1.807, 2.05) is 27.7 Å². The zero-order chi connectivity index (χ0) is 12.0. The maximum atomic E-state index is 11.8. The van der Waals surface area contributed by atoms with E-state index in [1.165, 1.54) is 0 Å². The van der Waals surface area contributed by atoms with Gasteiger partial charge in [0.2, 0.25) is 0 Å². The van der Waals surface area contributed by atoms with Crippen LogP contribution in [0, 0.1) is 17.8 Å². The van der Waals surface area contributed by atoms with Crippen molar-refractivity contribution in [3.8, 4) is 0 Å². The summed E-state index contributed by atoms with van der Waals surface area (Å²) in [4.78, 5) is 23.4. The lowest BCUT2D eigenvalue weighted by molar-refractivity contribution is -0.153. The summed E-state index contributed by atoms with van der Waals surface area (Å²) < 4.78 is 4.91. The molecule has 0 spiro atoms. The molecule has 0 N–H and O–H groups in total. The molecule has 0 aliphatic rings. The number of hydrogen-bond donors (Lipinski definition) is 0. The molecular weight excluding hydrogens is 192 g/mol. The fourth-order valence-electron chi connectivity index (χ4n) is 1.54. The van der Waals surface area contributed by atoms with Crippen LogP contribution in [0.15, 0.2) is 0 Å². The van der Waals surface area contributed by atoms with Crippen molar-refractivity contribution in [2.24, 2.45) is 17.8 Å². The molecule has 0 amide bonds. The van der Waals surface area contributed by atoms with Gasteiger partial charge in [-0.25, -0.2) is 0 Å². The normalized spacial score (nSPS) is 13.0. The molecule has 0 aliphatic heterocycles. The second kappa shape index (κ2) is 6.59. The molecule has 0 heterocycles. The highest BCUT2D eigenvalue weighted by Crippen LogP contribution is 2.18. The van der Waals surface area contributed by atoms with E-state index in [0.29, 0.717) is 13.0 Å². The maximum Gasteiger partial charge on any atom is 0.316 e. The minimum Gasteiger partial charge on any atom is -0.465 e. The third kappa shape index (κ3) is 4.96. The van der Waals surface area contributed by atoms with Crippen molar-refractivity contribution < 1.29 is 14.3 Å². The van der Waals surface area contributed by atoms with Gasteiger partial charge in [0.1, 0.15) is 11.7 Å². The number of ketones is 1. The Morgan fingerprint density at radius 3 is 2.00 bits per heavy atom. The van der Waals surface area contributed by atoms with Crippen LogP contribution in [-0.4, -0.2) is 18.4 Å². The highest BCUT2D eigenvalue weighted by atomic mass is 16.5. The van der Waals surface area contributed by atoms with Crippen LogP contribution in [0.2, 0.25) is 0 Å². The largest absolute Gasteiger partial charge is 0.465 e. The summed E-state index contributed by atoms with van der Waals surface area (Å²) in [6.45, 7) is 9.78. The molecule has 0 bridgehead atoms. The van der Waals surface area contributed by atoms with Crippen molar-refractivity contribution in [2.45, 2.75) is 41.0 Å². The quantitative estimate of drug-likeness (QED) is 0.504. The Kier molecular flexibility index (Phi) is 6.21. The Morgan fingerprint density at radius 2 is 1.67 bits per heavy atom. The second-order valence-electron chi connectivity index (χ2n) is 4.54. The zero-order valence-corrected chi connectivity index (χ0v) is 10.4. The van der Waals surface area contributed by atoms with Gasteiger partial charge in [0.05, 0.1) is 6.61 Å². The van der Waals surface area contributed by atoms with Crippen LogP contribution >= 0.6 is 0 Å². The molecule has 0 rings (SSSR count). The average molecular weight is 214 g/mol. The molecule has 0 radical (unpaired) electrons. The van der Waals surface area contributed by atoms with Crippen molar-refractivity contribution in [1.29, 1.82) is 0 Å². The minimum absolute atomic E-state index is 0.00144. The fourth-order valence-corrected chi connectivity index (χ4v) is 1.54. The molecular formula is C12H22O3. The van der Waals surface area contributed by atoms with E-state index in [9.17, 15) is 9.59 Å². The Morgan fingerprint density at radius 1 is 1.13 bits per heavy atom. The number of ether oxygens (including phenoxy) is 1. The van der Waals surface area contributed by atoms with Crippen LogP contribution in [0.3, 0.4) is 0 Å². The van der Waals surface area contributed by atoms with Crippen molar-refractivity contribution in [3.05, 3.63) is 0 Å². The highest BCUT2D eigenvalue weighted by Gasteiger charge is 2.30. The molecule has 0 saturated carbocycles. The van der Waals surface area contributed by atoms with Gasteiger partial charge in [-0.15, -0.1) is 0 Å². The second-order valence-corrected chi connectivity index (χ2v) is 4.54. The summed E-state index contributed by atoms with van der Waals surface area (Å²) in [6, 6.07) is 0. The first-order valence-electron chi connectivity index (χ1n) is 5.59. The van der Waals surface area contributed by atoms with Crippen LogP contribution in [0.5, 0.6) is 0 Å². The molecule has 15 heavy (non-hydrogen) atoms. The van der Waals surface area contributed by atoms with Gasteiger partial charge < -0.3 is 4.74 Å². The van der Waals surface area contributed by atoms with Gasteiger partial charge in [-0.1, -0.05) is 27.7 Å². The molecule has 0 saturated heterocycles. The molecule has 0 aromatic carbocycles. The van der Waals surface area contributed by atoms with Crippen LogP contribution in [0.4, 0.5) is 0 Å². The van der Waals surface area contributed by atoms with Crippen LogP contribution in [-0.2, 0) is 14.3 Å². The van der Waals surface area contributed by atoms with Crippen molar-refractivity contribution in [1.82, 2.24) is 0 Å². The van der Waals surface area contributed by atoms with Crippen molar-refractivity contribution in [3.63, 3.8) is 0 Å². The first kappa shape index (κ1) is 14.1. The van der Waals surface area contributed by atoms with Gasteiger partial charge >= 0.3 is 5.97 Å². The van der Waals surface area contributed by atoms with E-state index in [1.54, 1.807) is 6.92 Å². The SMILES string of the molecule is CCOC(=O)[C@H](C(=O)CC(C)C)C(C)C. The third-order valence-electron chi connectivity index (χ3n) is 2.16. The lowest BCUT2D eigenvalue weighted by Gasteiger charge is -2.18. The topological polar surface area (TPSA) is 43.4 Å². The Hall–Kier alpha value is -0.860. The number of esters is 1. The standard InChI is InChI=1S/C12H22O3/c1-6-15-12(14)11(9(4)5)10(13)7-8(2)3/h8-9,11H,6-7H2,1-5H3/t11-/m0/s1. The summed E-state index contributed by atoms with van der Waals surface area (Å²) in [6.07, 6.45) is 0.446. The average Bonchev–Trinajstić information content (AvgIpc) is 2.01. The van der Waals surface area contributed by atoms with Gasteiger partial charge in [0.15, 0.2) is 0 Å². The summed E-state index contributed by atoms with van der Waals surface area (Å²) in [5.41, 5.74) is 0. The fraction of sp³-hybridized carbons (Fsp3) is 0.833. The first-order valence-corrected chi connectivity index (χ1v) is 5.59. The van der Waals surface area contributed by atoms with Gasteiger partial charge in [0.25, 0.3) is 0 Å². The molecule has 88 valence electrons. The van der Waals surface area contributed by atoms with Crippen molar-refractivity contribution >= 4 is 11.8 Å². The Labute approximate surface area is 92.2 Å². The summed E-state index contributed by atoms with van der Waals surface area (Å²) >= 11 is 0. The highest BCUT2D eigenvalue weighted by molar-refractivity contribution is 5.99. The molecule has 0 unspecified atom stereocenters. The molecule has 0 aromatic heterocycles. The van der Waals surface area contributed by atoms with E-state index in [0.717, 1.165) is 0 Å². The molecule has 0 aromatic rings. The number of carbonyl (C=O) groups excluding carboxylic acids is 2. The number of rotatable bonds is 6. The predicted molar refractivity (Wildman–Crippen MR) is 59.4 cm³/mol. The lowest BCUT2D eigenvalue weighted by Crippen LogP contribution is -2.31. The van der Waals surface area contributed by atoms with Gasteiger partial charge in [0, 0.05) is 6.42 Å². The Bertz CT molecular complexity index is 219. The van der Waals surface area contributed by atoms with E-state index < -0.39 is 5.92 Å². The number of carbonyl (C=O) groups is 2. The number of Topliss-reactive ketones (excluding diaryl/α,β-unsaturated/α-hetero) is 1. The molecule has 3 nitrogen and oxygen atoms in total. The van der Waals surface area contributed by atoms with Crippen LogP contribution < -0.4 is 0 Å². The number of hydrogen-bond acceptors (Lipinski definition) is 3. The van der Waals surface area contributed by atoms with Crippen molar-refractivity contribution in [2.75, 3.05) is 6.61 Å². The van der Waals surface area contributed by atoms with Gasteiger partial charge in [-0.2, -0.15) is 0 Å². The van der Waals surface area contributed by atoms with E-state index >= 15 is 0 Å². The zero-order valence-electron chi connectivity index (χ0n) is 10.4. The van der Waals surface area contributed by atoms with E-state index in [-0.39, 0.29) is 23.6 Å². The summed E-state index contributed by atoms with van der Waals surface area (Å²) in [5, 5.41) is 0. The van der Waals surface area contributed by atoms with Crippen LogP contribution in [0.25, 0.3) is 0 Å². The van der Waals surface area contributed by atoms with Gasteiger partial charge in [-0.05, 0) is 18.8 Å². The molecule has 3 heteroatoms. The molecule has 0 fully saturated rings. The van der Waals surface area contributed by atoms with E-state index in [4.69, 9.17) is 4.74 Å². The van der Waals surface area contributed by atoms with E-state index in [2.05, 4.69) is 0 Å². The first-order chi connectivity index (χ1) is 6.90. The predicted octanol–water partition coefficient (Wildman–Crippen LogP) is 2.44. The van der Waals surface area contributed by atoms with Crippen LogP contribution in [0.1, 0.15) is 41.0 Å². The third-order valence-corrected chi connectivity index (χ3v) is 2.16. The smallest absolute Gasteiger partial charge is 0.316 e. The molecule has 1 atom stereocenters. The van der Waals surface area contributed by atoms with Gasteiger partial charge in [-0.3, -0.25) is 9.59 Å². The lowest BCUT2D eigenvalue weighted by atomic mass is 9.87. The summed E-state index contributed by atoms with van der Waals surface area (Å²) in [7, 11) is 0. The molecule has 0 aliphatic carbocycles. The Balaban J connectivity index is 4.52. The maximum absolute atomic E-state index is 11.8. The monoisotopic (exact) mass is 214 g/mol.